The Labute approximate surface area is 124 Å². The molecule has 1 saturated heterocycles. The molecule has 0 spiro atoms. The summed E-state index contributed by atoms with van der Waals surface area (Å²) < 4.78 is 7.73. The number of hydrogen-bond acceptors (Lipinski definition) is 5. The van der Waals surface area contributed by atoms with Crippen molar-refractivity contribution < 1.29 is 4.74 Å². The number of nitrogens with zero attached hydrogens (tertiary/aromatic N) is 3. The number of anilines is 1. The Hall–Kier alpha value is -1.66. The highest BCUT2D eigenvalue weighted by molar-refractivity contribution is 5.44. The van der Waals surface area contributed by atoms with Crippen molar-refractivity contribution >= 4 is 11.6 Å². The zero-order valence-electron chi connectivity index (χ0n) is 12.5. The first kappa shape index (κ1) is 14.3. The molecule has 2 N–H and O–H groups in total. The third-order valence-corrected chi connectivity index (χ3v) is 3.79. The van der Waals surface area contributed by atoms with Gasteiger partial charge in [-0.05, 0) is 51.4 Å². The number of fused-ring (bicyclic) bond motifs is 1. The van der Waals surface area contributed by atoms with Gasteiger partial charge in [0.1, 0.15) is 0 Å². The number of aryl methyl sites for hydroxylation is 1. The van der Waals surface area contributed by atoms with Crippen LogP contribution in [0.2, 0.25) is 0 Å². The van der Waals surface area contributed by atoms with Crippen molar-refractivity contribution in [3.63, 3.8) is 0 Å². The van der Waals surface area contributed by atoms with Crippen LogP contribution in [0, 0.1) is 6.92 Å². The van der Waals surface area contributed by atoms with Crippen LogP contribution in [0.1, 0.15) is 25.0 Å². The minimum absolute atomic E-state index is 0.433. The smallest absolute Gasteiger partial charge is 0.243 e. The van der Waals surface area contributed by atoms with Gasteiger partial charge in [0.25, 0.3) is 0 Å². The molecule has 0 bridgehead atoms. The lowest BCUT2D eigenvalue weighted by Gasteiger charge is -2.22. The van der Waals surface area contributed by atoms with E-state index in [2.05, 4.69) is 20.7 Å². The highest BCUT2D eigenvalue weighted by Gasteiger charge is 2.12. The molecule has 0 atom stereocenters. The molecule has 6 nitrogen and oxygen atoms in total. The molecule has 3 heterocycles. The molecule has 1 aliphatic heterocycles. The molecule has 0 radical (unpaired) electrons. The lowest BCUT2D eigenvalue weighted by atomic mass is 10.1. The van der Waals surface area contributed by atoms with Crippen molar-refractivity contribution in [2.24, 2.45) is 0 Å². The zero-order chi connectivity index (χ0) is 14.5. The largest absolute Gasteiger partial charge is 0.378 e. The van der Waals surface area contributed by atoms with Gasteiger partial charge < -0.3 is 15.4 Å². The summed E-state index contributed by atoms with van der Waals surface area (Å²) in [5.74, 6) is 0.686. The predicted octanol–water partition coefficient (Wildman–Crippen LogP) is 1.61. The van der Waals surface area contributed by atoms with Gasteiger partial charge in [0, 0.05) is 18.8 Å². The average molecular weight is 289 g/mol. The Morgan fingerprint density at radius 2 is 2.24 bits per heavy atom. The predicted molar refractivity (Wildman–Crippen MR) is 82.7 cm³/mol. The molecule has 0 aromatic carbocycles. The van der Waals surface area contributed by atoms with Crippen molar-refractivity contribution in [2.75, 3.05) is 31.6 Å². The van der Waals surface area contributed by atoms with Crippen LogP contribution in [0.3, 0.4) is 0 Å². The minimum atomic E-state index is 0.433. The Morgan fingerprint density at radius 3 is 3.05 bits per heavy atom. The van der Waals surface area contributed by atoms with Gasteiger partial charge in [0.05, 0.1) is 6.10 Å². The number of ether oxygens (including phenoxy) is 1. The van der Waals surface area contributed by atoms with E-state index in [0.29, 0.717) is 12.1 Å². The van der Waals surface area contributed by atoms with Gasteiger partial charge in [-0.2, -0.15) is 4.98 Å². The Kier molecular flexibility index (Phi) is 4.67. The molecular weight excluding hydrogens is 266 g/mol. The first-order chi connectivity index (χ1) is 10.3. The number of nitrogens with one attached hydrogen (secondary N) is 2. The van der Waals surface area contributed by atoms with E-state index in [1.165, 1.54) is 0 Å². The zero-order valence-corrected chi connectivity index (χ0v) is 12.5. The van der Waals surface area contributed by atoms with E-state index in [0.717, 1.165) is 56.8 Å². The fourth-order valence-electron chi connectivity index (χ4n) is 2.59. The summed E-state index contributed by atoms with van der Waals surface area (Å²) in [6, 6.07) is 5.99. The fraction of sp³-hybridized carbons (Fsp3) is 0.600. The highest BCUT2D eigenvalue weighted by Crippen LogP contribution is 2.09. The van der Waals surface area contributed by atoms with Gasteiger partial charge in [0.15, 0.2) is 5.65 Å². The van der Waals surface area contributed by atoms with Crippen molar-refractivity contribution in [1.82, 2.24) is 19.9 Å². The molecule has 2 aromatic heterocycles. The standard InChI is InChI=1S/C15H23N5O/c1-12-4-2-5-14-18-15(19-20(12)14)17-8-3-11-21-13-6-9-16-10-7-13/h2,4-5,13,16H,3,6-11H2,1H3,(H,17,19). The highest BCUT2D eigenvalue weighted by atomic mass is 16.5. The molecule has 1 aliphatic rings. The molecule has 114 valence electrons. The van der Waals surface area contributed by atoms with Crippen molar-refractivity contribution in [3.05, 3.63) is 23.9 Å². The quantitative estimate of drug-likeness (QED) is 0.791. The van der Waals surface area contributed by atoms with Crippen molar-refractivity contribution in [3.8, 4) is 0 Å². The Morgan fingerprint density at radius 1 is 1.38 bits per heavy atom. The van der Waals surface area contributed by atoms with Crippen molar-refractivity contribution in [1.29, 1.82) is 0 Å². The van der Waals surface area contributed by atoms with E-state index < -0.39 is 0 Å². The second-order valence-electron chi connectivity index (χ2n) is 5.47. The maximum atomic E-state index is 5.87. The summed E-state index contributed by atoms with van der Waals surface area (Å²) in [5, 5.41) is 11.1. The van der Waals surface area contributed by atoms with Crippen molar-refractivity contribution in [2.45, 2.75) is 32.3 Å². The molecule has 0 aliphatic carbocycles. The second-order valence-corrected chi connectivity index (χ2v) is 5.47. The lowest BCUT2D eigenvalue weighted by molar-refractivity contribution is 0.0329. The summed E-state index contributed by atoms with van der Waals surface area (Å²) in [4.78, 5) is 4.45. The Bertz CT molecular complexity index is 576. The number of hydrogen-bond donors (Lipinski definition) is 2. The van der Waals surface area contributed by atoms with E-state index in [-0.39, 0.29) is 0 Å². The molecule has 1 fully saturated rings. The summed E-state index contributed by atoms with van der Waals surface area (Å²) in [5.41, 5.74) is 1.96. The van der Waals surface area contributed by atoms with E-state index in [1.807, 2.05) is 29.6 Å². The van der Waals surface area contributed by atoms with Crippen LogP contribution in [0.15, 0.2) is 18.2 Å². The van der Waals surface area contributed by atoms with Crippen LogP contribution in [-0.4, -0.2) is 46.9 Å². The van der Waals surface area contributed by atoms with E-state index in [4.69, 9.17) is 4.74 Å². The topological polar surface area (TPSA) is 63.5 Å². The monoisotopic (exact) mass is 289 g/mol. The summed E-state index contributed by atoms with van der Waals surface area (Å²) >= 11 is 0. The first-order valence-corrected chi connectivity index (χ1v) is 7.71. The van der Waals surface area contributed by atoms with Gasteiger partial charge >= 0.3 is 0 Å². The minimum Gasteiger partial charge on any atom is -0.378 e. The summed E-state index contributed by atoms with van der Waals surface area (Å²) in [6.45, 7) is 5.81. The van der Waals surface area contributed by atoms with E-state index in [1.54, 1.807) is 0 Å². The van der Waals surface area contributed by atoms with Crippen LogP contribution < -0.4 is 10.6 Å². The first-order valence-electron chi connectivity index (χ1n) is 7.71. The van der Waals surface area contributed by atoms with Crippen LogP contribution in [0.4, 0.5) is 5.95 Å². The van der Waals surface area contributed by atoms with Gasteiger partial charge in [-0.15, -0.1) is 5.10 Å². The van der Waals surface area contributed by atoms with Crippen LogP contribution in [0.5, 0.6) is 0 Å². The normalized spacial score (nSPS) is 16.4. The molecule has 0 saturated carbocycles. The number of rotatable bonds is 6. The lowest BCUT2D eigenvalue weighted by Crippen LogP contribution is -2.32. The molecule has 2 aromatic rings. The van der Waals surface area contributed by atoms with Crippen LogP contribution in [0.25, 0.3) is 5.65 Å². The molecule has 0 unspecified atom stereocenters. The second kappa shape index (κ2) is 6.87. The Balaban J connectivity index is 1.41. The van der Waals surface area contributed by atoms with Gasteiger partial charge in [-0.1, -0.05) is 6.07 Å². The van der Waals surface area contributed by atoms with Gasteiger partial charge in [0.2, 0.25) is 5.95 Å². The number of aromatic nitrogens is 3. The molecule has 0 amide bonds. The van der Waals surface area contributed by atoms with Gasteiger partial charge in [-0.25, -0.2) is 4.52 Å². The molecule has 6 heteroatoms. The molecule has 3 rings (SSSR count). The van der Waals surface area contributed by atoms with Crippen LogP contribution >= 0.6 is 0 Å². The van der Waals surface area contributed by atoms with E-state index >= 15 is 0 Å². The van der Waals surface area contributed by atoms with E-state index in [9.17, 15) is 0 Å². The molecular formula is C15H23N5O. The number of pyridine rings is 1. The summed E-state index contributed by atoms with van der Waals surface area (Å²) in [7, 11) is 0. The third kappa shape index (κ3) is 3.71. The third-order valence-electron chi connectivity index (χ3n) is 3.79. The molecule has 21 heavy (non-hydrogen) atoms. The maximum absolute atomic E-state index is 5.87. The number of piperidine rings is 1. The van der Waals surface area contributed by atoms with Gasteiger partial charge in [-0.3, -0.25) is 0 Å². The summed E-state index contributed by atoms with van der Waals surface area (Å²) in [6.07, 6.45) is 3.65. The SMILES string of the molecule is Cc1cccc2nc(NCCCOC3CCNCC3)nn12. The average Bonchev–Trinajstić information content (AvgIpc) is 2.92. The van der Waals surface area contributed by atoms with Crippen LogP contribution in [-0.2, 0) is 4.74 Å². The fourth-order valence-corrected chi connectivity index (χ4v) is 2.59. The maximum Gasteiger partial charge on any atom is 0.243 e.